The van der Waals surface area contributed by atoms with Gasteiger partial charge in [-0.2, -0.15) is 0 Å². The summed E-state index contributed by atoms with van der Waals surface area (Å²) in [5, 5.41) is 0. The summed E-state index contributed by atoms with van der Waals surface area (Å²) in [7, 11) is 0. The molecule has 0 heterocycles. The van der Waals surface area contributed by atoms with Crippen molar-refractivity contribution in [3.8, 4) is 0 Å². The van der Waals surface area contributed by atoms with Gasteiger partial charge in [0.05, 0.1) is 0 Å². The Balaban J connectivity index is 4.30. The molecular weight excluding hydrogens is 781 g/mol. The third kappa shape index (κ3) is 50.7. The number of hydrogen-bond donors (Lipinski definition) is 0. The second-order valence-electron chi connectivity index (χ2n) is 18.8. The first-order valence-corrected chi connectivity index (χ1v) is 27.8. The van der Waals surface area contributed by atoms with Crippen LogP contribution in [-0.4, -0.2) is 37.2 Å². The first-order valence-electron chi connectivity index (χ1n) is 27.8. The molecular formula is C57H106O6. The minimum Gasteiger partial charge on any atom is -0.462 e. The number of rotatable bonds is 51. The Labute approximate surface area is 392 Å². The van der Waals surface area contributed by atoms with E-state index in [1.807, 2.05) is 0 Å². The van der Waals surface area contributed by atoms with Crippen LogP contribution < -0.4 is 0 Å². The fraction of sp³-hybridized carbons (Fsp3) is 0.877. The molecule has 6 heteroatoms. The van der Waals surface area contributed by atoms with E-state index in [1.165, 1.54) is 193 Å². The van der Waals surface area contributed by atoms with E-state index in [2.05, 4.69) is 45.1 Å². The molecule has 0 unspecified atom stereocenters. The molecule has 0 N–H and O–H groups in total. The van der Waals surface area contributed by atoms with Gasteiger partial charge in [0.25, 0.3) is 0 Å². The van der Waals surface area contributed by atoms with Gasteiger partial charge in [-0.05, 0) is 64.2 Å². The van der Waals surface area contributed by atoms with Crippen LogP contribution in [0, 0.1) is 0 Å². The van der Waals surface area contributed by atoms with Crippen LogP contribution in [0.4, 0.5) is 0 Å². The summed E-state index contributed by atoms with van der Waals surface area (Å²) in [5.74, 6) is -0.875. The molecule has 0 aliphatic carbocycles. The molecule has 0 radical (unpaired) electrons. The van der Waals surface area contributed by atoms with E-state index in [0.717, 1.165) is 70.6 Å². The van der Waals surface area contributed by atoms with Gasteiger partial charge in [-0.15, -0.1) is 0 Å². The maximum atomic E-state index is 12.8. The average molecular weight is 887 g/mol. The lowest BCUT2D eigenvalue weighted by molar-refractivity contribution is -0.167. The fourth-order valence-electron chi connectivity index (χ4n) is 8.18. The van der Waals surface area contributed by atoms with Crippen LogP contribution in [0.15, 0.2) is 24.3 Å². The fourth-order valence-corrected chi connectivity index (χ4v) is 8.18. The van der Waals surface area contributed by atoms with Gasteiger partial charge in [0, 0.05) is 19.3 Å². The minimum absolute atomic E-state index is 0.0731. The molecule has 0 aliphatic rings. The number of unbranched alkanes of at least 4 members (excludes halogenated alkanes) is 36. The molecule has 0 spiro atoms. The van der Waals surface area contributed by atoms with E-state index in [1.54, 1.807) is 0 Å². The Morgan fingerprint density at radius 2 is 0.540 bits per heavy atom. The Bertz CT molecular complexity index is 1020. The normalized spacial score (nSPS) is 12.1. The molecule has 0 bridgehead atoms. The van der Waals surface area contributed by atoms with Gasteiger partial charge in [0.2, 0.25) is 0 Å². The van der Waals surface area contributed by atoms with Gasteiger partial charge in [0.1, 0.15) is 13.2 Å². The summed E-state index contributed by atoms with van der Waals surface area (Å²) in [4.78, 5) is 38.0. The highest BCUT2D eigenvalue weighted by molar-refractivity contribution is 5.71. The Morgan fingerprint density at radius 1 is 0.302 bits per heavy atom. The van der Waals surface area contributed by atoms with Crippen molar-refractivity contribution < 1.29 is 28.6 Å². The highest BCUT2D eigenvalue weighted by Crippen LogP contribution is 2.16. The molecule has 0 aromatic rings. The summed E-state index contributed by atoms with van der Waals surface area (Å²) in [6, 6.07) is 0. The topological polar surface area (TPSA) is 78.9 Å². The van der Waals surface area contributed by atoms with Crippen LogP contribution in [0.5, 0.6) is 0 Å². The highest BCUT2D eigenvalue weighted by atomic mass is 16.6. The van der Waals surface area contributed by atoms with Crippen LogP contribution >= 0.6 is 0 Å². The monoisotopic (exact) mass is 887 g/mol. The maximum absolute atomic E-state index is 12.8. The highest BCUT2D eigenvalue weighted by Gasteiger charge is 2.19. The molecule has 0 aromatic heterocycles. The third-order valence-corrected chi connectivity index (χ3v) is 12.4. The van der Waals surface area contributed by atoms with E-state index in [-0.39, 0.29) is 31.1 Å². The molecule has 0 amide bonds. The van der Waals surface area contributed by atoms with Crippen LogP contribution in [0.1, 0.15) is 303 Å². The maximum Gasteiger partial charge on any atom is 0.306 e. The van der Waals surface area contributed by atoms with Crippen LogP contribution in [0.25, 0.3) is 0 Å². The number of hydrogen-bond acceptors (Lipinski definition) is 6. The van der Waals surface area contributed by atoms with E-state index in [9.17, 15) is 14.4 Å². The minimum atomic E-state index is -0.774. The molecule has 0 aliphatic heterocycles. The quantitative estimate of drug-likeness (QED) is 0.0262. The zero-order chi connectivity index (χ0) is 45.8. The Hall–Kier alpha value is -2.11. The van der Waals surface area contributed by atoms with Crippen molar-refractivity contribution in [2.75, 3.05) is 13.2 Å². The van der Waals surface area contributed by atoms with Crippen molar-refractivity contribution in [1.82, 2.24) is 0 Å². The largest absolute Gasteiger partial charge is 0.462 e. The number of ether oxygens (including phenoxy) is 3. The van der Waals surface area contributed by atoms with Gasteiger partial charge in [-0.25, -0.2) is 0 Å². The molecule has 63 heavy (non-hydrogen) atoms. The Morgan fingerprint density at radius 3 is 0.841 bits per heavy atom. The van der Waals surface area contributed by atoms with Crippen LogP contribution in [0.2, 0.25) is 0 Å². The van der Waals surface area contributed by atoms with Gasteiger partial charge >= 0.3 is 17.9 Å². The lowest BCUT2D eigenvalue weighted by Gasteiger charge is -2.18. The summed E-state index contributed by atoms with van der Waals surface area (Å²) in [6.07, 6.45) is 60.2. The standard InChI is InChI=1S/C57H106O6/c1-4-7-10-13-16-19-22-24-26-28-29-31-32-35-38-41-44-47-50-56(59)62-53-54(52-61-55(58)49-46-43-40-37-34-21-18-15-12-9-6-3)63-57(60)51-48-45-42-39-36-33-30-27-25-23-20-17-14-11-8-5-2/h15,18,27,30,54H,4-14,16-17,19-26,28-29,31-53H2,1-3H3/b18-15-,30-27-/t54-/m1/s1. The molecule has 0 rings (SSSR count). The summed E-state index contributed by atoms with van der Waals surface area (Å²) >= 11 is 0. The summed E-state index contributed by atoms with van der Waals surface area (Å²) in [5.41, 5.74) is 0. The van der Waals surface area contributed by atoms with E-state index in [0.29, 0.717) is 19.3 Å². The van der Waals surface area contributed by atoms with Crippen LogP contribution in [-0.2, 0) is 28.6 Å². The van der Waals surface area contributed by atoms with E-state index in [4.69, 9.17) is 14.2 Å². The molecule has 370 valence electrons. The van der Waals surface area contributed by atoms with Gasteiger partial charge in [-0.1, -0.05) is 244 Å². The SMILES string of the molecule is CCCC/C=C\CCCCCCCC(=O)OC[C@H](COC(=O)CCCCCCCCCCCCCCCCCCCC)OC(=O)CCCCCCC/C=C\CCCCCCCCC. The van der Waals surface area contributed by atoms with Gasteiger partial charge in [-0.3, -0.25) is 14.4 Å². The average Bonchev–Trinajstić information content (AvgIpc) is 3.28. The Kier molecular flexibility index (Phi) is 50.8. The predicted octanol–water partition coefficient (Wildman–Crippen LogP) is 18.3. The van der Waals surface area contributed by atoms with Crippen molar-refractivity contribution in [2.45, 2.75) is 309 Å². The predicted molar refractivity (Wildman–Crippen MR) is 270 cm³/mol. The van der Waals surface area contributed by atoms with Crippen molar-refractivity contribution in [3.05, 3.63) is 24.3 Å². The molecule has 0 saturated carbocycles. The van der Waals surface area contributed by atoms with E-state index >= 15 is 0 Å². The number of carbonyl (C=O) groups excluding carboxylic acids is 3. The lowest BCUT2D eigenvalue weighted by Crippen LogP contribution is -2.30. The summed E-state index contributed by atoms with van der Waals surface area (Å²) < 4.78 is 16.8. The van der Waals surface area contributed by atoms with E-state index < -0.39 is 6.10 Å². The van der Waals surface area contributed by atoms with Crippen molar-refractivity contribution in [3.63, 3.8) is 0 Å². The smallest absolute Gasteiger partial charge is 0.306 e. The van der Waals surface area contributed by atoms with Crippen molar-refractivity contribution >= 4 is 17.9 Å². The van der Waals surface area contributed by atoms with Crippen LogP contribution in [0.3, 0.4) is 0 Å². The second kappa shape index (κ2) is 52.5. The number of allylic oxidation sites excluding steroid dienone is 4. The zero-order valence-corrected chi connectivity index (χ0v) is 42.4. The first kappa shape index (κ1) is 60.9. The second-order valence-corrected chi connectivity index (χ2v) is 18.8. The molecule has 0 fully saturated rings. The lowest BCUT2D eigenvalue weighted by atomic mass is 10.0. The van der Waals surface area contributed by atoms with Crippen molar-refractivity contribution in [2.24, 2.45) is 0 Å². The summed E-state index contributed by atoms with van der Waals surface area (Å²) in [6.45, 7) is 6.62. The third-order valence-electron chi connectivity index (χ3n) is 12.4. The van der Waals surface area contributed by atoms with Gasteiger partial charge < -0.3 is 14.2 Å². The molecule has 6 nitrogen and oxygen atoms in total. The van der Waals surface area contributed by atoms with Crippen molar-refractivity contribution in [1.29, 1.82) is 0 Å². The molecule has 1 atom stereocenters. The molecule has 0 saturated heterocycles. The number of carbonyl (C=O) groups is 3. The zero-order valence-electron chi connectivity index (χ0n) is 42.4. The van der Waals surface area contributed by atoms with Gasteiger partial charge in [0.15, 0.2) is 6.10 Å². The number of esters is 3. The first-order chi connectivity index (χ1) is 31.0. The molecule has 0 aromatic carbocycles.